The number of carboxylic acids is 1. The Labute approximate surface area is 97.6 Å². The zero-order chi connectivity index (χ0) is 12.0. The SMILES string of the molecule is CCCC(C)N1CCO[C@@H](CCC(=O)O)C1. The molecule has 1 fully saturated rings. The van der Waals surface area contributed by atoms with Crippen LogP contribution < -0.4 is 0 Å². The van der Waals surface area contributed by atoms with E-state index in [1.807, 2.05) is 0 Å². The lowest BCUT2D eigenvalue weighted by Crippen LogP contribution is -2.46. The minimum absolute atomic E-state index is 0.101. The fourth-order valence-corrected chi connectivity index (χ4v) is 2.20. The summed E-state index contributed by atoms with van der Waals surface area (Å²) in [6.07, 6.45) is 3.33. The molecule has 2 atom stereocenters. The Balaban J connectivity index is 2.31. The average Bonchev–Trinajstić information content (AvgIpc) is 2.27. The van der Waals surface area contributed by atoms with Crippen molar-refractivity contribution in [3.05, 3.63) is 0 Å². The molecule has 4 heteroatoms. The third kappa shape index (κ3) is 4.49. The van der Waals surface area contributed by atoms with Crippen molar-refractivity contribution in [2.24, 2.45) is 0 Å². The van der Waals surface area contributed by atoms with Gasteiger partial charge in [-0.15, -0.1) is 0 Å². The third-order valence-electron chi connectivity index (χ3n) is 3.18. The molecule has 1 heterocycles. The highest BCUT2D eigenvalue weighted by molar-refractivity contribution is 5.66. The van der Waals surface area contributed by atoms with Crippen molar-refractivity contribution < 1.29 is 14.6 Å². The predicted octanol–water partition coefficient (Wildman–Crippen LogP) is 1.74. The minimum Gasteiger partial charge on any atom is -0.481 e. The Bertz CT molecular complexity index is 220. The third-order valence-corrected chi connectivity index (χ3v) is 3.18. The molecule has 1 aliphatic heterocycles. The Morgan fingerprint density at radius 3 is 3.00 bits per heavy atom. The van der Waals surface area contributed by atoms with Crippen LogP contribution in [-0.4, -0.2) is 47.8 Å². The first kappa shape index (κ1) is 13.5. The zero-order valence-electron chi connectivity index (χ0n) is 10.3. The second kappa shape index (κ2) is 6.86. The van der Waals surface area contributed by atoms with E-state index < -0.39 is 5.97 Å². The molecule has 0 aliphatic carbocycles. The van der Waals surface area contributed by atoms with Crippen LogP contribution in [0.1, 0.15) is 39.5 Å². The molecule has 4 nitrogen and oxygen atoms in total. The van der Waals surface area contributed by atoms with Crippen LogP contribution in [0.2, 0.25) is 0 Å². The molecule has 1 N–H and O–H groups in total. The number of nitrogens with zero attached hydrogens (tertiary/aromatic N) is 1. The van der Waals surface area contributed by atoms with Gasteiger partial charge in [0.2, 0.25) is 0 Å². The summed E-state index contributed by atoms with van der Waals surface area (Å²) in [6, 6.07) is 0.584. The molecule has 1 rings (SSSR count). The summed E-state index contributed by atoms with van der Waals surface area (Å²) >= 11 is 0. The van der Waals surface area contributed by atoms with Crippen molar-refractivity contribution in [1.82, 2.24) is 4.90 Å². The molecule has 0 saturated carbocycles. The number of carboxylic acid groups (broad SMARTS) is 1. The lowest BCUT2D eigenvalue weighted by molar-refractivity contribution is -0.138. The summed E-state index contributed by atoms with van der Waals surface area (Å²) in [6.45, 7) is 7.03. The van der Waals surface area contributed by atoms with Crippen LogP contribution in [0.3, 0.4) is 0 Å². The number of hydrogen-bond acceptors (Lipinski definition) is 3. The fourth-order valence-electron chi connectivity index (χ4n) is 2.20. The highest BCUT2D eigenvalue weighted by Crippen LogP contribution is 2.15. The predicted molar refractivity (Wildman–Crippen MR) is 62.6 cm³/mol. The van der Waals surface area contributed by atoms with Crippen molar-refractivity contribution in [3.8, 4) is 0 Å². The molecule has 1 saturated heterocycles. The maximum atomic E-state index is 10.5. The van der Waals surface area contributed by atoms with E-state index in [0.717, 1.165) is 19.7 Å². The maximum Gasteiger partial charge on any atom is 0.303 e. The van der Waals surface area contributed by atoms with Crippen LogP contribution >= 0.6 is 0 Å². The second-order valence-corrected chi connectivity index (χ2v) is 4.56. The largest absolute Gasteiger partial charge is 0.481 e. The van der Waals surface area contributed by atoms with Crippen molar-refractivity contribution in [3.63, 3.8) is 0 Å². The molecule has 1 aliphatic rings. The standard InChI is InChI=1S/C12H23NO3/c1-3-4-10(2)13-7-8-16-11(9-13)5-6-12(14)15/h10-11H,3-9H2,1-2H3,(H,14,15)/t10?,11-/m0/s1. The molecular weight excluding hydrogens is 206 g/mol. The maximum absolute atomic E-state index is 10.5. The van der Waals surface area contributed by atoms with Crippen LogP contribution in [0.4, 0.5) is 0 Å². The first-order valence-electron chi connectivity index (χ1n) is 6.21. The van der Waals surface area contributed by atoms with E-state index in [-0.39, 0.29) is 12.5 Å². The van der Waals surface area contributed by atoms with E-state index >= 15 is 0 Å². The number of aliphatic carboxylic acids is 1. The summed E-state index contributed by atoms with van der Waals surface area (Å²) in [7, 11) is 0. The van der Waals surface area contributed by atoms with Crippen LogP contribution in [-0.2, 0) is 9.53 Å². The Morgan fingerprint density at radius 1 is 1.62 bits per heavy atom. The molecule has 94 valence electrons. The summed E-state index contributed by atoms with van der Waals surface area (Å²) < 4.78 is 5.58. The lowest BCUT2D eigenvalue weighted by Gasteiger charge is -2.36. The quantitative estimate of drug-likeness (QED) is 0.753. The second-order valence-electron chi connectivity index (χ2n) is 4.56. The molecule has 0 amide bonds. The van der Waals surface area contributed by atoms with E-state index in [4.69, 9.17) is 9.84 Å². The van der Waals surface area contributed by atoms with Gasteiger partial charge in [0, 0.05) is 25.6 Å². The van der Waals surface area contributed by atoms with Gasteiger partial charge in [-0.1, -0.05) is 13.3 Å². The molecular formula is C12H23NO3. The van der Waals surface area contributed by atoms with Gasteiger partial charge in [0.05, 0.1) is 12.7 Å². The monoisotopic (exact) mass is 229 g/mol. The first-order valence-corrected chi connectivity index (χ1v) is 6.21. The van der Waals surface area contributed by atoms with Crippen LogP contribution in [0.5, 0.6) is 0 Å². The number of morpholine rings is 1. The summed E-state index contributed by atoms with van der Waals surface area (Å²) in [4.78, 5) is 12.9. The summed E-state index contributed by atoms with van der Waals surface area (Å²) in [5, 5.41) is 8.63. The number of rotatable bonds is 6. The van der Waals surface area contributed by atoms with Crippen molar-refractivity contribution >= 4 is 5.97 Å². The zero-order valence-corrected chi connectivity index (χ0v) is 10.3. The van der Waals surface area contributed by atoms with Crippen molar-refractivity contribution in [2.75, 3.05) is 19.7 Å². The van der Waals surface area contributed by atoms with Crippen LogP contribution in [0.15, 0.2) is 0 Å². The van der Waals surface area contributed by atoms with Gasteiger partial charge in [-0.05, 0) is 19.8 Å². The average molecular weight is 229 g/mol. The smallest absolute Gasteiger partial charge is 0.303 e. The molecule has 0 aromatic heterocycles. The summed E-state index contributed by atoms with van der Waals surface area (Å²) in [5.74, 6) is -0.734. The van der Waals surface area contributed by atoms with Gasteiger partial charge in [0.1, 0.15) is 0 Å². The first-order chi connectivity index (χ1) is 7.63. The number of carbonyl (C=O) groups is 1. The van der Waals surface area contributed by atoms with Gasteiger partial charge in [0.25, 0.3) is 0 Å². The van der Waals surface area contributed by atoms with Crippen molar-refractivity contribution in [1.29, 1.82) is 0 Å². The van der Waals surface area contributed by atoms with Crippen LogP contribution in [0.25, 0.3) is 0 Å². The highest BCUT2D eigenvalue weighted by atomic mass is 16.5. The van der Waals surface area contributed by atoms with Gasteiger partial charge < -0.3 is 9.84 Å². The Hall–Kier alpha value is -0.610. The molecule has 0 aromatic carbocycles. The number of ether oxygens (including phenoxy) is 1. The Morgan fingerprint density at radius 2 is 2.38 bits per heavy atom. The Kier molecular flexibility index (Phi) is 5.77. The fraction of sp³-hybridized carbons (Fsp3) is 0.917. The van der Waals surface area contributed by atoms with E-state index in [2.05, 4.69) is 18.7 Å². The number of hydrogen-bond donors (Lipinski definition) is 1. The van der Waals surface area contributed by atoms with E-state index in [9.17, 15) is 4.79 Å². The minimum atomic E-state index is -0.734. The van der Waals surface area contributed by atoms with Gasteiger partial charge in [0.15, 0.2) is 0 Å². The van der Waals surface area contributed by atoms with E-state index in [0.29, 0.717) is 12.5 Å². The van der Waals surface area contributed by atoms with Gasteiger partial charge in [-0.25, -0.2) is 0 Å². The normalized spacial score (nSPS) is 24.2. The summed E-state index contributed by atoms with van der Waals surface area (Å²) in [5.41, 5.74) is 0. The van der Waals surface area contributed by atoms with Crippen molar-refractivity contribution in [2.45, 2.75) is 51.7 Å². The van der Waals surface area contributed by atoms with E-state index in [1.165, 1.54) is 12.8 Å². The van der Waals surface area contributed by atoms with Gasteiger partial charge >= 0.3 is 5.97 Å². The van der Waals surface area contributed by atoms with E-state index in [1.54, 1.807) is 0 Å². The van der Waals surface area contributed by atoms with Gasteiger partial charge in [-0.2, -0.15) is 0 Å². The highest BCUT2D eigenvalue weighted by Gasteiger charge is 2.23. The lowest BCUT2D eigenvalue weighted by atomic mass is 10.1. The molecule has 1 unspecified atom stereocenters. The van der Waals surface area contributed by atoms with Crippen LogP contribution in [0, 0.1) is 0 Å². The molecule has 0 aromatic rings. The molecule has 0 radical (unpaired) electrons. The topological polar surface area (TPSA) is 49.8 Å². The van der Waals surface area contributed by atoms with Gasteiger partial charge in [-0.3, -0.25) is 9.69 Å². The molecule has 16 heavy (non-hydrogen) atoms. The molecule has 0 spiro atoms. The molecule has 0 bridgehead atoms.